The Morgan fingerprint density at radius 2 is 0.200 bits per heavy atom. The average molecular weight is 1790 g/mol. The van der Waals surface area contributed by atoms with E-state index in [2.05, 4.69) is 41.5 Å². The van der Waals surface area contributed by atoms with Gasteiger partial charge in [-0.15, -0.1) is 0 Å². The van der Waals surface area contributed by atoms with Crippen LogP contribution in [0.4, 0.5) is 0 Å². The van der Waals surface area contributed by atoms with Gasteiger partial charge in [0.25, 0.3) is 0 Å². The van der Waals surface area contributed by atoms with Crippen molar-refractivity contribution < 1.29 is 50.5 Å². The Morgan fingerprint density at radius 3 is 0.283 bits per heavy atom. The maximum absolute atomic E-state index is 15.6. The van der Waals surface area contributed by atoms with Gasteiger partial charge in [0.1, 0.15) is 0 Å². The lowest BCUT2D eigenvalue weighted by Crippen LogP contribution is -2.17. The standard InChI is InChI=1S/C102H180O12S6/c1-7-13-19-25-31-37-43-49-55-61-67-73-79-115(103,104)97-85-91-92(86-98(97)116(105,106)80-74-68-62-56-50-44-38-32-26-20-14-8-2)94-88-100(118(109,110)82-76-70-64-58-52-46-40-34-28-22-16-10-4)102(120(113,114)84-78-72-66-60-54-48-42-36-30-24-18-12-6)90-96(94)95-89-101(119(111,112)83-77-71-65-59-53-47-41-35-29-23-17-11-5)99(87-93(91)95)117(107,108)81-75-69-63-57-51-45-39-33-27-21-15-9-3/h85-90H,7-84H2,1-6H3. The van der Waals surface area contributed by atoms with Crippen LogP contribution in [0.25, 0.3) is 32.3 Å². The second-order valence-corrected chi connectivity index (χ2v) is 49.2. The Bertz CT molecular complexity index is 3350. The number of benzene rings is 4. The van der Waals surface area contributed by atoms with Gasteiger partial charge in [-0.1, -0.05) is 465 Å². The summed E-state index contributed by atoms with van der Waals surface area (Å²) in [6.07, 6.45) is 72.7. The Balaban J connectivity index is 2.06. The molecular formula is C102H180O12S6. The predicted octanol–water partition coefficient (Wildman–Crippen LogP) is 32.0. The van der Waals surface area contributed by atoms with Crippen LogP contribution in [0.2, 0.25) is 0 Å². The molecule has 0 aliphatic rings. The smallest absolute Gasteiger partial charge is 0.179 e. The van der Waals surface area contributed by atoms with Gasteiger partial charge in [0.2, 0.25) is 0 Å². The van der Waals surface area contributed by atoms with E-state index in [-0.39, 0.29) is 105 Å². The average Bonchev–Trinajstić information content (AvgIpc) is 0.704. The first-order valence-electron chi connectivity index (χ1n) is 50.9. The van der Waals surface area contributed by atoms with Gasteiger partial charge in [-0.2, -0.15) is 0 Å². The number of hydrogen-bond acceptors (Lipinski definition) is 12. The Labute approximate surface area is 740 Å². The molecule has 120 heavy (non-hydrogen) atoms. The first kappa shape index (κ1) is 110. The minimum atomic E-state index is -4.46. The quantitative estimate of drug-likeness (QED) is 0.0299. The molecular weight excluding hydrogens is 1610 g/mol. The molecule has 0 fully saturated rings. The molecule has 0 bridgehead atoms. The molecule has 0 unspecified atom stereocenters. The van der Waals surface area contributed by atoms with Crippen LogP contribution in [0.1, 0.15) is 504 Å². The largest absolute Gasteiger partial charge is 0.224 e. The van der Waals surface area contributed by atoms with Crippen molar-refractivity contribution in [2.75, 3.05) is 34.5 Å². The highest BCUT2D eigenvalue weighted by Crippen LogP contribution is 2.45. The van der Waals surface area contributed by atoms with E-state index < -0.39 is 88.4 Å². The highest BCUT2D eigenvalue weighted by Gasteiger charge is 2.34. The minimum absolute atomic E-state index is 0.109. The molecule has 0 aliphatic carbocycles. The molecule has 0 saturated heterocycles. The van der Waals surface area contributed by atoms with Crippen LogP contribution in [0, 0.1) is 0 Å². The van der Waals surface area contributed by atoms with Crippen molar-refractivity contribution in [3.05, 3.63) is 36.4 Å². The van der Waals surface area contributed by atoms with E-state index in [0.29, 0.717) is 38.5 Å². The van der Waals surface area contributed by atoms with Crippen molar-refractivity contribution in [2.24, 2.45) is 0 Å². The summed E-state index contributed by atoms with van der Waals surface area (Å²) >= 11 is 0. The molecule has 4 aromatic rings. The van der Waals surface area contributed by atoms with Crippen molar-refractivity contribution in [3.63, 3.8) is 0 Å². The van der Waals surface area contributed by atoms with Crippen molar-refractivity contribution in [1.82, 2.24) is 0 Å². The lowest BCUT2D eigenvalue weighted by molar-refractivity contribution is 0.544. The Morgan fingerprint density at radius 1 is 0.125 bits per heavy atom. The first-order chi connectivity index (χ1) is 58.0. The predicted molar refractivity (Wildman–Crippen MR) is 518 cm³/mol. The molecule has 0 saturated carbocycles. The van der Waals surface area contributed by atoms with Crippen LogP contribution in [-0.4, -0.2) is 85.0 Å². The molecule has 0 aromatic heterocycles. The fourth-order valence-electron chi connectivity index (χ4n) is 17.9. The molecule has 4 rings (SSSR count). The molecule has 0 radical (unpaired) electrons. The Hall–Kier alpha value is -2.64. The summed E-state index contributed by atoms with van der Waals surface area (Å²) < 4.78 is 187. The van der Waals surface area contributed by atoms with Gasteiger partial charge in [-0.05, 0) is 107 Å². The zero-order valence-electron chi connectivity index (χ0n) is 78.0. The van der Waals surface area contributed by atoms with Crippen LogP contribution in [-0.2, 0) is 59.0 Å². The van der Waals surface area contributed by atoms with E-state index in [1.165, 1.54) is 268 Å². The van der Waals surface area contributed by atoms with Gasteiger partial charge < -0.3 is 0 Å². The second kappa shape index (κ2) is 65.8. The van der Waals surface area contributed by atoms with Crippen molar-refractivity contribution in [3.8, 4) is 0 Å². The van der Waals surface area contributed by atoms with Gasteiger partial charge in [0.15, 0.2) is 59.0 Å². The van der Waals surface area contributed by atoms with Crippen LogP contribution in [0.3, 0.4) is 0 Å². The normalized spacial score (nSPS) is 12.8. The van der Waals surface area contributed by atoms with Gasteiger partial charge in [0, 0.05) is 0 Å². The van der Waals surface area contributed by atoms with E-state index in [0.717, 1.165) is 154 Å². The summed E-state index contributed by atoms with van der Waals surface area (Å²) in [5.41, 5.74) is 0. The number of rotatable bonds is 84. The molecule has 4 aromatic carbocycles. The zero-order chi connectivity index (χ0) is 87.3. The van der Waals surface area contributed by atoms with Gasteiger partial charge in [0.05, 0.1) is 63.9 Å². The third-order valence-electron chi connectivity index (χ3n) is 25.7. The highest BCUT2D eigenvalue weighted by molar-refractivity contribution is 7.95. The van der Waals surface area contributed by atoms with E-state index in [1.807, 2.05) is 0 Å². The zero-order valence-corrected chi connectivity index (χ0v) is 82.9. The van der Waals surface area contributed by atoms with Crippen molar-refractivity contribution in [1.29, 1.82) is 0 Å². The molecule has 0 spiro atoms. The molecule has 696 valence electrons. The topological polar surface area (TPSA) is 205 Å². The van der Waals surface area contributed by atoms with E-state index in [9.17, 15) is 0 Å². The molecule has 0 atom stereocenters. The highest BCUT2D eigenvalue weighted by atomic mass is 32.2. The second-order valence-electron chi connectivity index (χ2n) is 36.8. The lowest BCUT2D eigenvalue weighted by Gasteiger charge is -2.20. The fourth-order valence-corrected chi connectivity index (χ4v) is 29.0. The third kappa shape index (κ3) is 44.9. The summed E-state index contributed by atoms with van der Waals surface area (Å²) in [6.45, 7) is 13.3. The first-order valence-corrected chi connectivity index (χ1v) is 60.8. The number of hydrogen-bond donors (Lipinski definition) is 0. The monoisotopic (exact) mass is 1790 g/mol. The van der Waals surface area contributed by atoms with Crippen LogP contribution >= 0.6 is 0 Å². The number of fused-ring (bicyclic) bond motifs is 6. The van der Waals surface area contributed by atoms with Crippen molar-refractivity contribution >= 4 is 91.3 Å². The van der Waals surface area contributed by atoms with Crippen LogP contribution in [0.5, 0.6) is 0 Å². The molecule has 18 heteroatoms. The van der Waals surface area contributed by atoms with E-state index in [4.69, 9.17) is 0 Å². The summed E-state index contributed by atoms with van der Waals surface area (Å²) in [5, 5.41) is 0.657. The van der Waals surface area contributed by atoms with Gasteiger partial charge >= 0.3 is 0 Å². The third-order valence-corrected chi connectivity index (χ3v) is 37.1. The summed E-state index contributed by atoms with van der Waals surface area (Å²) in [5.74, 6) is -2.14. The van der Waals surface area contributed by atoms with E-state index >= 15 is 50.5 Å². The SMILES string of the molecule is CCCCCCCCCCCCCCS(=O)(=O)c1cc2c3cc(S(=O)(=O)CCCCCCCCCCCCCC)c(S(=O)(=O)CCCCCCCCCCCCCC)cc3c3cc(S(=O)(=O)CCCCCCCCCCCCCC)c(S(=O)(=O)CCCCCCCCCCCCCC)cc3c2cc1S(=O)(=O)CCCCCCCCCCCCCC. The van der Waals surface area contributed by atoms with Gasteiger partial charge in [-0.25, -0.2) is 50.5 Å². The summed E-state index contributed by atoms with van der Waals surface area (Å²) in [4.78, 5) is -2.56. The molecule has 0 amide bonds. The van der Waals surface area contributed by atoms with Crippen molar-refractivity contribution in [2.45, 2.75) is 533 Å². The molecule has 0 N–H and O–H groups in total. The number of unbranched alkanes of at least 4 members (excludes halogenated alkanes) is 66. The molecule has 0 heterocycles. The lowest BCUT2D eigenvalue weighted by atomic mass is 9.94. The summed E-state index contributed by atoms with van der Waals surface area (Å²) in [6, 6.07) is 8.10. The maximum Gasteiger partial charge on any atom is 0.179 e. The van der Waals surface area contributed by atoms with Crippen LogP contribution < -0.4 is 0 Å². The van der Waals surface area contributed by atoms with Crippen LogP contribution in [0.15, 0.2) is 65.8 Å². The Kier molecular flexibility index (Phi) is 60.2. The minimum Gasteiger partial charge on any atom is -0.224 e. The molecule has 12 nitrogen and oxygen atoms in total. The fraction of sp³-hybridized carbons (Fsp3) is 0.824. The molecule has 0 aliphatic heterocycles. The number of sulfone groups is 6. The van der Waals surface area contributed by atoms with Gasteiger partial charge in [-0.3, -0.25) is 0 Å². The van der Waals surface area contributed by atoms with E-state index in [1.54, 1.807) is 0 Å². The maximum atomic E-state index is 15.6. The summed E-state index contributed by atoms with van der Waals surface area (Å²) in [7, 11) is -26.8.